The molecule has 1 fully saturated rings. The third-order valence-electron chi connectivity index (χ3n) is 4.36. The lowest BCUT2D eigenvalue weighted by atomic mass is 9.97. The minimum absolute atomic E-state index is 0.115. The first-order valence-electron chi connectivity index (χ1n) is 7.19. The van der Waals surface area contributed by atoms with E-state index in [-0.39, 0.29) is 12.1 Å². The highest BCUT2D eigenvalue weighted by Crippen LogP contribution is 2.42. The smallest absolute Gasteiger partial charge is 0.0624 e. The summed E-state index contributed by atoms with van der Waals surface area (Å²) in [5.74, 6) is 1.55. The molecule has 2 aromatic carbocycles. The first kappa shape index (κ1) is 13.9. The number of hydrogen-bond donors (Lipinski definition) is 2. The minimum Gasteiger partial charge on any atom is -0.394 e. The summed E-state index contributed by atoms with van der Waals surface area (Å²) >= 11 is 1.84. The third kappa shape index (κ3) is 2.71. The number of thioether (sulfide) groups is 1. The van der Waals surface area contributed by atoms with Crippen LogP contribution >= 0.6 is 11.8 Å². The molecule has 0 radical (unpaired) electrons. The maximum atomic E-state index is 9.76. The first-order chi connectivity index (χ1) is 9.77. The third-order valence-corrected chi connectivity index (χ3v) is 5.60. The minimum atomic E-state index is -0.115. The Morgan fingerprint density at radius 1 is 1.20 bits per heavy atom. The number of hydrogen-bond acceptors (Lipinski definition) is 3. The number of fused-ring (bicyclic) bond motifs is 1. The van der Waals surface area contributed by atoms with Crippen molar-refractivity contribution < 1.29 is 5.11 Å². The molecule has 0 saturated heterocycles. The summed E-state index contributed by atoms with van der Waals surface area (Å²) in [5, 5.41) is 15.7. The predicted octanol–water partition coefficient (Wildman–Crippen LogP) is 3.29. The molecule has 0 heterocycles. The predicted molar refractivity (Wildman–Crippen MR) is 86.3 cm³/mol. The van der Waals surface area contributed by atoms with Crippen LogP contribution in [0.2, 0.25) is 0 Å². The van der Waals surface area contributed by atoms with Crippen LogP contribution < -0.4 is 5.32 Å². The molecule has 2 nitrogen and oxygen atoms in total. The van der Waals surface area contributed by atoms with Gasteiger partial charge in [0.15, 0.2) is 0 Å². The van der Waals surface area contributed by atoms with E-state index in [1.54, 1.807) is 0 Å². The fraction of sp³-hybridized carbons (Fsp3) is 0.412. The van der Waals surface area contributed by atoms with E-state index in [0.29, 0.717) is 5.92 Å². The van der Waals surface area contributed by atoms with Crippen molar-refractivity contribution in [3.63, 3.8) is 0 Å². The molecule has 0 aromatic heterocycles. The van der Waals surface area contributed by atoms with Gasteiger partial charge in [-0.2, -0.15) is 0 Å². The molecule has 0 spiro atoms. The molecular formula is C17H21NOS. The summed E-state index contributed by atoms with van der Waals surface area (Å²) in [6.07, 6.45) is 2.47. The van der Waals surface area contributed by atoms with Crippen LogP contribution in [0.15, 0.2) is 47.4 Å². The summed E-state index contributed by atoms with van der Waals surface area (Å²) in [7, 11) is 1.97. The van der Waals surface area contributed by atoms with Crippen molar-refractivity contribution in [1.29, 1.82) is 0 Å². The molecule has 1 atom stereocenters. The zero-order valence-electron chi connectivity index (χ0n) is 11.8. The van der Waals surface area contributed by atoms with E-state index in [9.17, 15) is 5.11 Å². The second-order valence-electron chi connectivity index (χ2n) is 5.64. The lowest BCUT2D eigenvalue weighted by molar-refractivity contribution is 0.167. The average molecular weight is 287 g/mol. The Balaban J connectivity index is 1.75. The Bertz CT molecular complexity index is 590. The zero-order chi connectivity index (χ0) is 14.0. The molecule has 0 amide bonds. The van der Waals surface area contributed by atoms with Gasteiger partial charge in [-0.25, -0.2) is 0 Å². The van der Waals surface area contributed by atoms with Crippen molar-refractivity contribution in [2.45, 2.75) is 23.3 Å². The van der Waals surface area contributed by atoms with E-state index in [0.717, 1.165) is 5.75 Å². The van der Waals surface area contributed by atoms with Crippen LogP contribution in [0.3, 0.4) is 0 Å². The second kappa shape index (κ2) is 5.76. The molecule has 1 aliphatic rings. The van der Waals surface area contributed by atoms with Gasteiger partial charge in [0.2, 0.25) is 0 Å². The average Bonchev–Trinajstić information content (AvgIpc) is 3.34. The van der Waals surface area contributed by atoms with E-state index in [4.69, 9.17) is 0 Å². The van der Waals surface area contributed by atoms with Gasteiger partial charge in [0.1, 0.15) is 0 Å². The second-order valence-corrected chi connectivity index (χ2v) is 6.68. The van der Waals surface area contributed by atoms with Gasteiger partial charge in [0.25, 0.3) is 0 Å². The van der Waals surface area contributed by atoms with Crippen molar-refractivity contribution in [2.75, 3.05) is 19.4 Å². The van der Waals surface area contributed by atoms with Gasteiger partial charge in [-0.1, -0.05) is 30.3 Å². The molecule has 2 aromatic rings. The first-order valence-corrected chi connectivity index (χ1v) is 8.17. The number of likely N-dealkylation sites (N-methyl/N-ethyl adjacent to an activating group) is 1. The van der Waals surface area contributed by atoms with Gasteiger partial charge in [0, 0.05) is 10.6 Å². The molecular weight excluding hydrogens is 266 g/mol. The molecule has 3 heteroatoms. The van der Waals surface area contributed by atoms with E-state index in [2.05, 4.69) is 47.8 Å². The molecule has 106 valence electrons. The zero-order valence-corrected chi connectivity index (χ0v) is 12.6. The van der Waals surface area contributed by atoms with Crippen LogP contribution in [0.25, 0.3) is 10.8 Å². The van der Waals surface area contributed by atoms with E-state index in [1.165, 1.54) is 28.5 Å². The number of nitrogens with one attached hydrogen (secondary N) is 1. The normalized spacial score (nSPS) is 18.1. The van der Waals surface area contributed by atoms with Gasteiger partial charge in [-0.05, 0) is 48.7 Å². The number of aliphatic hydroxyl groups excluding tert-OH is 1. The summed E-state index contributed by atoms with van der Waals surface area (Å²) in [6, 6.07) is 15.0. The fourth-order valence-corrected chi connectivity index (χ4v) is 4.02. The monoisotopic (exact) mass is 287 g/mol. The Kier molecular flexibility index (Phi) is 4.01. The molecule has 0 aliphatic heterocycles. The number of benzene rings is 2. The highest BCUT2D eigenvalue weighted by Gasteiger charge is 2.43. The van der Waals surface area contributed by atoms with Gasteiger partial charge < -0.3 is 10.4 Å². The quantitative estimate of drug-likeness (QED) is 0.800. The summed E-state index contributed by atoms with van der Waals surface area (Å²) in [5.41, 5.74) is -0.115. The molecule has 3 rings (SSSR count). The highest BCUT2D eigenvalue weighted by molar-refractivity contribution is 7.99. The standard InChI is InChI=1S/C17H21NOS/c1-18-17(11-19,15-7-8-15)12-20-16-9-6-13-4-2-3-5-14(13)10-16/h2-6,9-10,15,18-19H,7-8,11-12H2,1H3. The Morgan fingerprint density at radius 2 is 1.95 bits per heavy atom. The van der Waals surface area contributed by atoms with Gasteiger partial charge in [-0.15, -0.1) is 11.8 Å². The van der Waals surface area contributed by atoms with Gasteiger partial charge >= 0.3 is 0 Å². The van der Waals surface area contributed by atoms with Crippen molar-refractivity contribution in [3.8, 4) is 0 Å². The Hall–Kier alpha value is -1.03. The summed E-state index contributed by atoms with van der Waals surface area (Å²) in [4.78, 5) is 1.28. The van der Waals surface area contributed by atoms with Gasteiger partial charge in [-0.3, -0.25) is 0 Å². The molecule has 20 heavy (non-hydrogen) atoms. The Labute approximate surface area is 124 Å². The summed E-state index contributed by atoms with van der Waals surface area (Å²) < 4.78 is 0. The fourth-order valence-electron chi connectivity index (χ4n) is 2.75. The lowest BCUT2D eigenvalue weighted by Gasteiger charge is -2.31. The van der Waals surface area contributed by atoms with Crippen LogP contribution in [-0.2, 0) is 0 Å². The molecule has 1 saturated carbocycles. The molecule has 1 aliphatic carbocycles. The number of aliphatic hydroxyl groups is 1. The molecule has 2 N–H and O–H groups in total. The van der Waals surface area contributed by atoms with E-state index >= 15 is 0 Å². The maximum Gasteiger partial charge on any atom is 0.0624 e. The van der Waals surface area contributed by atoms with Gasteiger partial charge in [0.05, 0.1) is 12.1 Å². The lowest BCUT2D eigenvalue weighted by Crippen LogP contribution is -2.51. The topological polar surface area (TPSA) is 32.3 Å². The van der Waals surface area contributed by atoms with E-state index < -0.39 is 0 Å². The SMILES string of the molecule is CNC(CO)(CSc1ccc2ccccc2c1)C1CC1. The largest absolute Gasteiger partial charge is 0.394 e. The molecule has 0 bridgehead atoms. The van der Waals surface area contributed by atoms with Crippen LogP contribution in [0.1, 0.15) is 12.8 Å². The van der Waals surface area contributed by atoms with Crippen molar-refractivity contribution in [2.24, 2.45) is 5.92 Å². The van der Waals surface area contributed by atoms with Crippen molar-refractivity contribution in [1.82, 2.24) is 5.32 Å². The van der Waals surface area contributed by atoms with Crippen LogP contribution in [0.4, 0.5) is 0 Å². The Morgan fingerprint density at radius 3 is 2.60 bits per heavy atom. The highest BCUT2D eigenvalue weighted by atomic mass is 32.2. The summed E-state index contributed by atoms with van der Waals surface area (Å²) in [6.45, 7) is 0.217. The maximum absolute atomic E-state index is 9.76. The van der Waals surface area contributed by atoms with Crippen molar-refractivity contribution >= 4 is 22.5 Å². The van der Waals surface area contributed by atoms with Crippen molar-refractivity contribution in [3.05, 3.63) is 42.5 Å². The van der Waals surface area contributed by atoms with Crippen LogP contribution in [0.5, 0.6) is 0 Å². The number of rotatable bonds is 6. The molecule has 1 unspecified atom stereocenters. The van der Waals surface area contributed by atoms with Crippen LogP contribution in [0, 0.1) is 5.92 Å². The van der Waals surface area contributed by atoms with Crippen LogP contribution in [-0.4, -0.2) is 30.1 Å². The van der Waals surface area contributed by atoms with E-state index in [1.807, 2.05) is 18.8 Å².